The van der Waals surface area contributed by atoms with Gasteiger partial charge in [-0.3, -0.25) is 0 Å². The number of hydrogen-bond acceptors (Lipinski definition) is 2. The molecule has 0 aromatic heterocycles. The van der Waals surface area contributed by atoms with Crippen molar-refractivity contribution < 1.29 is 9.50 Å². The summed E-state index contributed by atoms with van der Waals surface area (Å²) in [5.74, 6) is -0.923. The van der Waals surface area contributed by atoms with Crippen LogP contribution in [0.5, 0.6) is 5.75 Å². The molecule has 0 bridgehead atoms. The van der Waals surface area contributed by atoms with E-state index in [1.165, 1.54) is 12.1 Å². The van der Waals surface area contributed by atoms with Crippen LogP contribution in [0.3, 0.4) is 0 Å². The Morgan fingerprint density at radius 2 is 1.89 bits per heavy atom. The van der Waals surface area contributed by atoms with Crippen LogP contribution >= 0.6 is 11.6 Å². The third kappa shape index (κ3) is 3.69. The van der Waals surface area contributed by atoms with Crippen LogP contribution < -0.4 is 5.32 Å². The number of hydrogen-bond donors (Lipinski definition) is 2. The second kappa shape index (κ2) is 6.04. The molecule has 0 amide bonds. The van der Waals surface area contributed by atoms with Crippen LogP contribution in [-0.2, 0) is 6.54 Å². The van der Waals surface area contributed by atoms with Gasteiger partial charge in [0.05, 0.1) is 0 Å². The van der Waals surface area contributed by atoms with Crippen LogP contribution in [0, 0.1) is 5.82 Å². The molecular weight excluding hydrogens is 265 g/mol. The summed E-state index contributed by atoms with van der Waals surface area (Å²) in [6.45, 7) is 2.56. The highest BCUT2D eigenvalue weighted by Crippen LogP contribution is 2.18. The second-order valence-electron chi connectivity index (χ2n) is 4.44. The van der Waals surface area contributed by atoms with Gasteiger partial charge >= 0.3 is 0 Å². The number of nitrogens with one attached hydrogen (secondary N) is 1. The lowest BCUT2D eigenvalue weighted by atomic mass is 10.1. The molecule has 0 aliphatic heterocycles. The van der Waals surface area contributed by atoms with Gasteiger partial charge in [0.1, 0.15) is 0 Å². The minimum absolute atomic E-state index is 0.133. The van der Waals surface area contributed by atoms with Crippen molar-refractivity contribution in [3.8, 4) is 5.75 Å². The zero-order chi connectivity index (χ0) is 13.8. The molecule has 1 unspecified atom stereocenters. The molecule has 0 aliphatic carbocycles. The van der Waals surface area contributed by atoms with E-state index in [1.54, 1.807) is 6.07 Å². The lowest BCUT2D eigenvalue weighted by Gasteiger charge is -2.14. The Kier molecular flexibility index (Phi) is 4.40. The van der Waals surface area contributed by atoms with Crippen LogP contribution in [0.2, 0.25) is 5.02 Å². The first-order valence-electron chi connectivity index (χ1n) is 6.02. The summed E-state index contributed by atoms with van der Waals surface area (Å²) in [5.41, 5.74) is 1.90. The summed E-state index contributed by atoms with van der Waals surface area (Å²) < 4.78 is 13.2. The highest BCUT2D eigenvalue weighted by molar-refractivity contribution is 6.30. The van der Waals surface area contributed by atoms with E-state index in [2.05, 4.69) is 5.32 Å². The highest BCUT2D eigenvalue weighted by Gasteiger charge is 2.06. The molecule has 100 valence electrons. The quantitative estimate of drug-likeness (QED) is 0.885. The van der Waals surface area contributed by atoms with Crippen LogP contribution in [0.1, 0.15) is 24.1 Å². The third-order valence-corrected chi connectivity index (χ3v) is 3.25. The summed E-state index contributed by atoms with van der Waals surface area (Å²) in [6, 6.07) is 12.1. The van der Waals surface area contributed by atoms with E-state index >= 15 is 0 Å². The van der Waals surface area contributed by atoms with E-state index in [0.717, 1.165) is 11.1 Å². The largest absolute Gasteiger partial charge is 0.505 e. The molecule has 19 heavy (non-hydrogen) atoms. The topological polar surface area (TPSA) is 32.3 Å². The number of benzene rings is 2. The molecule has 2 N–H and O–H groups in total. The van der Waals surface area contributed by atoms with Gasteiger partial charge in [-0.25, -0.2) is 4.39 Å². The lowest BCUT2D eigenvalue weighted by molar-refractivity contribution is 0.431. The van der Waals surface area contributed by atoms with Crippen molar-refractivity contribution in [3.05, 3.63) is 64.4 Å². The van der Waals surface area contributed by atoms with Gasteiger partial charge in [-0.15, -0.1) is 0 Å². The SMILES string of the molecule is CC(NCc1ccc(O)c(F)c1)c1ccc(Cl)cc1. The Labute approximate surface area is 116 Å². The van der Waals surface area contributed by atoms with Crippen molar-refractivity contribution in [2.45, 2.75) is 19.5 Å². The van der Waals surface area contributed by atoms with Gasteiger partial charge in [0.25, 0.3) is 0 Å². The summed E-state index contributed by atoms with van der Waals surface area (Å²) in [6.07, 6.45) is 0. The second-order valence-corrected chi connectivity index (χ2v) is 4.88. The first kappa shape index (κ1) is 13.8. The van der Waals surface area contributed by atoms with E-state index < -0.39 is 5.82 Å². The van der Waals surface area contributed by atoms with Gasteiger partial charge in [-0.05, 0) is 42.3 Å². The van der Waals surface area contributed by atoms with Crippen LogP contribution in [-0.4, -0.2) is 5.11 Å². The molecule has 2 nitrogen and oxygen atoms in total. The maximum absolute atomic E-state index is 13.2. The zero-order valence-corrected chi connectivity index (χ0v) is 11.3. The van der Waals surface area contributed by atoms with Crippen molar-refractivity contribution in [2.24, 2.45) is 0 Å². The van der Waals surface area contributed by atoms with Gasteiger partial charge in [0, 0.05) is 17.6 Å². The van der Waals surface area contributed by atoms with Gasteiger partial charge in [0.2, 0.25) is 0 Å². The van der Waals surface area contributed by atoms with Gasteiger partial charge in [-0.1, -0.05) is 29.8 Å². The van der Waals surface area contributed by atoms with E-state index in [9.17, 15) is 4.39 Å². The van der Waals surface area contributed by atoms with E-state index in [-0.39, 0.29) is 11.8 Å². The minimum Gasteiger partial charge on any atom is -0.505 e. The van der Waals surface area contributed by atoms with Crippen LogP contribution in [0.15, 0.2) is 42.5 Å². The number of rotatable bonds is 4. The molecule has 2 aromatic carbocycles. The molecule has 0 aliphatic rings. The fourth-order valence-electron chi connectivity index (χ4n) is 1.80. The van der Waals surface area contributed by atoms with Crippen LogP contribution in [0.4, 0.5) is 4.39 Å². The number of phenolic OH excluding ortho intramolecular Hbond substituents is 1. The fourth-order valence-corrected chi connectivity index (χ4v) is 1.93. The molecule has 1 atom stereocenters. The predicted octanol–water partition coefficient (Wildman–Crippen LogP) is 4.04. The number of halogens is 2. The maximum Gasteiger partial charge on any atom is 0.165 e. The Bertz CT molecular complexity index is 557. The molecule has 2 aromatic rings. The first-order chi connectivity index (χ1) is 9.06. The monoisotopic (exact) mass is 279 g/mol. The smallest absolute Gasteiger partial charge is 0.165 e. The van der Waals surface area contributed by atoms with E-state index in [4.69, 9.17) is 16.7 Å². The standard InChI is InChI=1S/C15H15ClFNO/c1-10(12-3-5-13(16)6-4-12)18-9-11-2-7-15(19)14(17)8-11/h2-8,10,18-19H,9H2,1H3. The Balaban J connectivity index is 1.98. The Hall–Kier alpha value is -1.58. The molecule has 4 heteroatoms. The third-order valence-electron chi connectivity index (χ3n) is 2.99. The van der Waals surface area contributed by atoms with Gasteiger partial charge in [0.15, 0.2) is 11.6 Å². The molecule has 0 saturated heterocycles. The van der Waals surface area contributed by atoms with Crippen molar-refractivity contribution in [1.29, 1.82) is 0 Å². The van der Waals surface area contributed by atoms with Crippen molar-refractivity contribution in [3.63, 3.8) is 0 Å². The predicted molar refractivity (Wildman–Crippen MR) is 74.8 cm³/mol. The Morgan fingerprint density at radius 1 is 1.21 bits per heavy atom. The van der Waals surface area contributed by atoms with Crippen LogP contribution in [0.25, 0.3) is 0 Å². The molecule has 0 heterocycles. The summed E-state index contributed by atoms with van der Waals surface area (Å²) in [4.78, 5) is 0. The average molecular weight is 280 g/mol. The molecule has 2 rings (SSSR count). The maximum atomic E-state index is 13.2. The van der Waals surface area contributed by atoms with E-state index in [0.29, 0.717) is 11.6 Å². The van der Waals surface area contributed by atoms with Crippen molar-refractivity contribution in [1.82, 2.24) is 5.32 Å². The molecule has 0 radical (unpaired) electrons. The van der Waals surface area contributed by atoms with Crippen molar-refractivity contribution in [2.75, 3.05) is 0 Å². The number of phenols is 1. The molecule has 0 saturated carbocycles. The Morgan fingerprint density at radius 3 is 2.53 bits per heavy atom. The molecule has 0 spiro atoms. The van der Waals surface area contributed by atoms with E-state index in [1.807, 2.05) is 31.2 Å². The lowest BCUT2D eigenvalue weighted by Crippen LogP contribution is -2.18. The summed E-state index contributed by atoms with van der Waals surface area (Å²) >= 11 is 5.84. The highest BCUT2D eigenvalue weighted by atomic mass is 35.5. The summed E-state index contributed by atoms with van der Waals surface area (Å²) in [7, 11) is 0. The number of aromatic hydroxyl groups is 1. The molecule has 0 fully saturated rings. The average Bonchev–Trinajstić information content (AvgIpc) is 2.40. The van der Waals surface area contributed by atoms with Crippen molar-refractivity contribution >= 4 is 11.6 Å². The van der Waals surface area contributed by atoms with Gasteiger partial charge in [-0.2, -0.15) is 0 Å². The zero-order valence-electron chi connectivity index (χ0n) is 10.5. The first-order valence-corrected chi connectivity index (χ1v) is 6.40. The van der Waals surface area contributed by atoms with Gasteiger partial charge < -0.3 is 10.4 Å². The minimum atomic E-state index is -0.599. The fraction of sp³-hybridized carbons (Fsp3) is 0.200. The molecular formula is C15H15ClFNO. The summed E-state index contributed by atoms with van der Waals surface area (Å²) in [5, 5.41) is 13.1. The normalized spacial score (nSPS) is 12.4.